The Balaban J connectivity index is 2.25. The fourth-order valence-electron chi connectivity index (χ4n) is 2.26. The number of hydrogen-bond donors (Lipinski definition) is 0. The SMILES string of the molecule is N#CC1CCN(C(=O)c2cccc(Cl)c2[N+](=O)[O-])CC1. The Kier molecular flexibility index (Phi) is 4.20. The number of amides is 1. The van der Waals surface area contributed by atoms with Crippen LogP contribution in [0.5, 0.6) is 0 Å². The van der Waals surface area contributed by atoms with Crippen LogP contribution in [-0.4, -0.2) is 28.8 Å². The molecule has 0 spiro atoms. The molecule has 104 valence electrons. The van der Waals surface area contributed by atoms with Gasteiger partial charge in [0.15, 0.2) is 0 Å². The fourth-order valence-corrected chi connectivity index (χ4v) is 2.50. The van der Waals surface area contributed by atoms with Crippen LogP contribution in [0.1, 0.15) is 23.2 Å². The van der Waals surface area contributed by atoms with Crippen molar-refractivity contribution in [2.24, 2.45) is 5.92 Å². The van der Waals surface area contributed by atoms with E-state index in [-0.39, 0.29) is 22.2 Å². The van der Waals surface area contributed by atoms with Crippen molar-refractivity contribution < 1.29 is 9.72 Å². The number of nitrogens with zero attached hydrogens (tertiary/aromatic N) is 3. The summed E-state index contributed by atoms with van der Waals surface area (Å²) in [5.74, 6) is -0.455. The van der Waals surface area contributed by atoms with E-state index in [1.165, 1.54) is 23.1 Å². The molecule has 0 aromatic heterocycles. The van der Waals surface area contributed by atoms with Crippen molar-refractivity contribution >= 4 is 23.2 Å². The molecule has 6 nitrogen and oxygen atoms in total. The third-order valence-corrected chi connectivity index (χ3v) is 3.67. The number of carbonyl (C=O) groups is 1. The Labute approximate surface area is 120 Å². The summed E-state index contributed by atoms with van der Waals surface area (Å²) >= 11 is 5.80. The van der Waals surface area contributed by atoms with Crippen molar-refractivity contribution in [3.63, 3.8) is 0 Å². The molecule has 0 N–H and O–H groups in total. The molecular weight excluding hydrogens is 282 g/mol. The summed E-state index contributed by atoms with van der Waals surface area (Å²) in [6.07, 6.45) is 1.19. The van der Waals surface area contributed by atoms with Gasteiger partial charge in [-0.3, -0.25) is 14.9 Å². The summed E-state index contributed by atoms with van der Waals surface area (Å²) in [5, 5.41) is 19.8. The largest absolute Gasteiger partial charge is 0.338 e. The van der Waals surface area contributed by atoms with Crippen molar-refractivity contribution in [2.75, 3.05) is 13.1 Å². The Hall–Kier alpha value is -2.13. The quantitative estimate of drug-likeness (QED) is 0.619. The van der Waals surface area contributed by atoms with Gasteiger partial charge in [0, 0.05) is 19.0 Å². The van der Waals surface area contributed by atoms with E-state index in [0.29, 0.717) is 25.9 Å². The zero-order valence-electron chi connectivity index (χ0n) is 10.6. The van der Waals surface area contributed by atoms with Gasteiger partial charge in [0.25, 0.3) is 5.91 Å². The molecule has 1 saturated heterocycles. The number of carbonyl (C=O) groups excluding carboxylic acids is 1. The molecular formula is C13H12ClN3O3. The van der Waals surface area contributed by atoms with E-state index in [1.54, 1.807) is 0 Å². The molecule has 0 unspecified atom stereocenters. The monoisotopic (exact) mass is 293 g/mol. The number of nitriles is 1. The first kappa shape index (κ1) is 14.3. The molecule has 20 heavy (non-hydrogen) atoms. The molecule has 1 aromatic rings. The second-order valence-electron chi connectivity index (χ2n) is 4.59. The Morgan fingerprint density at radius 1 is 1.45 bits per heavy atom. The highest BCUT2D eigenvalue weighted by molar-refractivity contribution is 6.33. The molecule has 1 amide bonds. The number of hydrogen-bond acceptors (Lipinski definition) is 4. The van der Waals surface area contributed by atoms with Crippen LogP contribution in [0.4, 0.5) is 5.69 Å². The number of piperidine rings is 1. The maximum Gasteiger partial charge on any atom is 0.300 e. The Bertz CT molecular complexity index is 589. The lowest BCUT2D eigenvalue weighted by Crippen LogP contribution is -2.38. The lowest BCUT2D eigenvalue weighted by Gasteiger charge is -2.29. The third-order valence-electron chi connectivity index (χ3n) is 3.36. The number of rotatable bonds is 2. The van der Waals surface area contributed by atoms with Gasteiger partial charge in [-0.1, -0.05) is 17.7 Å². The predicted molar refractivity (Wildman–Crippen MR) is 72.3 cm³/mol. The molecule has 0 aliphatic carbocycles. The van der Waals surface area contributed by atoms with Gasteiger partial charge < -0.3 is 4.90 Å². The van der Waals surface area contributed by atoms with Crippen LogP contribution in [0, 0.1) is 27.4 Å². The van der Waals surface area contributed by atoms with Crippen LogP contribution in [0.25, 0.3) is 0 Å². The van der Waals surface area contributed by atoms with Crippen molar-refractivity contribution in [3.05, 3.63) is 38.9 Å². The first-order chi connectivity index (χ1) is 9.54. The van der Waals surface area contributed by atoms with Gasteiger partial charge in [-0.2, -0.15) is 5.26 Å². The molecule has 0 saturated carbocycles. The molecule has 1 heterocycles. The summed E-state index contributed by atoms with van der Waals surface area (Å²) in [6, 6.07) is 6.49. The van der Waals surface area contributed by atoms with Crippen LogP contribution >= 0.6 is 11.6 Å². The van der Waals surface area contributed by atoms with Crippen molar-refractivity contribution in [3.8, 4) is 6.07 Å². The second-order valence-corrected chi connectivity index (χ2v) is 5.00. The Morgan fingerprint density at radius 3 is 2.65 bits per heavy atom. The maximum absolute atomic E-state index is 12.4. The van der Waals surface area contributed by atoms with E-state index in [4.69, 9.17) is 16.9 Å². The number of halogens is 1. The molecule has 0 atom stereocenters. The zero-order valence-corrected chi connectivity index (χ0v) is 11.3. The van der Waals surface area contributed by atoms with Crippen molar-refractivity contribution in [1.82, 2.24) is 4.90 Å². The average Bonchev–Trinajstić information content (AvgIpc) is 2.46. The fraction of sp³-hybridized carbons (Fsp3) is 0.385. The van der Waals surface area contributed by atoms with E-state index in [2.05, 4.69) is 6.07 Å². The van der Waals surface area contributed by atoms with Crippen LogP contribution in [0.15, 0.2) is 18.2 Å². The zero-order chi connectivity index (χ0) is 14.7. The number of benzene rings is 1. The Morgan fingerprint density at radius 2 is 2.10 bits per heavy atom. The molecule has 0 bridgehead atoms. The second kappa shape index (κ2) is 5.88. The molecule has 0 radical (unpaired) electrons. The van der Waals surface area contributed by atoms with Crippen molar-refractivity contribution in [2.45, 2.75) is 12.8 Å². The summed E-state index contributed by atoms with van der Waals surface area (Å²) in [4.78, 5) is 24.3. The summed E-state index contributed by atoms with van der Waals surface area (Å²) in [6.45, 7) is 0.863. The smallest absolute Gasteiger partial charge is 0.300 e. The minimum absolute atomic E-state index is 0.00194. The van der Waals surface area contributed by atoms with E-state index in [1.807, 2.05) is 0 Å². The van der Waals surface area contributed by atoms with Gasteiger partial charge in [0.05, 0.1) is 11.0 Å². The van der Waals surface area contributed by atoms with Crippen LogP contribution in [-0.2, 0) is 0 Å². The van der Waals surface area contributed by atoms with Gasteiger partial charge in [-0.15, -0.1) is 0 Å². The minimum atomic E-state index is -0.641. The average molecular weight is 294 g/mol. The molecule has 1 aliphatic heterocycles. The number of nitro groups is 1. The van der Waals surface area contributed by atoms with Crippen molar-refractivity contribution in [1.29, 1.82) is 5.26 Å². The van der Waals surface area contributed by atoms with E-state index >= 15 is 0 Å². The van der Waals surface area contributed by atoms with Gasteiger partial charge in [0.1, 0.15) is 10.6 Å². The number of para-hydroxylation sites is 1. The van der Waals surface area contributed by atoms with Gasteiger partial charge in [0.2, 0.25) is 0 Å². The maximum atomic E-state index is 12.4. The lowest BCUT2D eigenvalue weighted by molar-refractivity contribution is -0.385. The highest BCUT2D eigenvalue weighted by Crippen LogP contribution is 2.30. The van der Waals surface area contributed by atoms with Crippen LogP contribution in [0.2, 0.25) is 5.02 Å². The highest BCUT2D eigenvalue weighted by atomic mass is 35.5. The van der Waals surface area contributed by atoms with Gasteiger partial charge >= 0.3 is 5.69 Å². The highest BCUT2D eigenvalue weighted by Gasteiger charge is 2.29. The number of nitro benzene ring substituents is 1. The third kappa shape index (κ3) is 2.73. The first-order valence-electron chi connectivity index (χ1n) is 6.16. The summed E-state index contributed by atoms with van der Waals surface area (Å²) < 4.78 is 0. The van der Waals surface area contributed by atoms with E-state index in [0.717, 1.165) is 0 Å². The van der Waals surface area contributed by atoms with E-state index < -0.39 is 10.8 Å². The molecule has 1 aromatic carbocycles. The standard InChI is InChI=1S/C13H12ClN3O3/c14-11-3-1-2-10(12(11)17(19)20)13(18)16-6-4-9(8-15)5-7-16/h1-3,9H,4-7H2. The lowest BCUT2D eigenvalue weighted by atomic mass is 9.98. The van der Waals surface area contributed by atoms with Crippen LogP contribution in [0.3, 0.4) is 0 Å². The predicted octanol–water partition coefficient (Wildman–Crippen LogP) is 2.62. The summed E-state index contributed by atoms with van der Waals surface area (Å²) in [5.41, 5.74) is -0.362. The minimum Gasteiger partial charge on any atom is -0.338 e. The van der Waals surface area contributed by atoms with Gasteiger partial charge in [-0.25, -0.2) is 0 Å². The number of likely N-dealkylation sites (tertiary alicyclic amines) is 1. The normalized spacial score (nSPS) is 15.7. The first-order valence-corrected chi connectivity index (χ1v) is 6.54. The van der Waals surface area contributed by atoms with Crippen LogP contribution < -0.4 is 0 Å². The summed E-state index contributed by atoms with van der Waals surface area (Å²) in [7, 11) is 0. The topological polar surface area (TPSA) is 87.2 Å². The van der Waals surface area contributed by atoms with E-state index in [9.17, 15) is 14.9 Å². The molecule has 2 rings (SSSR count). The molecule has 7 heteroatoms. The molecule has 1 aliphatic rings. The van der Waals surface area contributed by atoms with Gasteiger partial charge in [-0.05, 0) is 25.0 Å². The molecule has 1 fully saturated rings.